The van der Waals surface area contributed by atoms with Gasteiger partial charge in [0.2, 0.25) is 0 Å². The third-order valence-corrected chi connectivity index (χ3v) is 4.29. The molecule has 1 aliphatic rings. The van der Waals surface area contributed by atoms with Gasteiger partial charge in [-0.15, -0.1) is 0 Å². The Morgan fingerprint density at radius 3 is 2.90 bits per heavy atom. The van der Waals surface area contributed by atoms with E-state index in [2.05, 4.69) is 11.8 Å². The van der Waals surface area contributed by atoms with Gasteiger partial charge in [-0.2, -0.15) is 0 Å². The predicted octanol–water partition coefficient (Wildman–Crippen LogP) is 1.81. The predicted molar refractivity (Wildman–Crippen MR) is 80.9 cm³/mol. The third-order valence-electron chi connectivity index (χ3n) is 3.94. The van der Waals surface area contributed by atoms with Crippen molar-refractivity contribution in [2.75, 3.05) is 26.4 Å². The number of nitrogens with two attached hydrogens (primary N) is 1. The molecule has 0 saturated carbocycles. The van der Waals surface area contributed by atoms with Crippen LogP contribution >= 0.6 is 11.6 Å². The number of hydrogen-bond acceptors (Lipinski definition) is 4. The van der Waals surface area contributed by atoms with Crippen molar-refractivity contribution in [3.63, 3.8) is 0 Å². The second-order valence-corrected chi connectivity index (χ2v) is 5.59. The number of ether oxygens (including phenoxy) is 1. The number of benzene rings is 1. The van der Waals surface area contributed by atoms with Crippen LogP contribution in [0.1, 0.15) is 24.9 Å². The van der Waals surface area contributed by atoms with Gasteiger partial charge in [-0.3, -0.25) is 4.90 Å². The Morgan fingerprint density at radius 2 is 2.25 bits per heavy atom. The zero-order chi connectivity index (χ0) is 14.5. The number of halogens is 1. The molecule has 1 saturated heterocycles. The van der Waals surface area contributed by atoms with Gasteiger partial charge in [0.25, 0.3) is 0 Å². The van der Waals surface area contributed by atoms with Crippen molar-refractivity contribution in [2.45, 2.75) is 31.5 Å². The molecule has 0 aliphatic carbocycles. The maximum atomic E-state index is 9.59. The molecule has 4 nitrogen and oxygen atoms in total. The smallest absolute Gasteiger partial charge is 0.0645 e. The van der Waals surface area contributed by atoms with Crippen LogP contribution in [0.4, 0.5) is 0 Å². The molecule has 3 unspecified atom stereocenters. The van der Waals surface area contributed by atoms with Crippen LogP contribution in [0.25, 0.3) is 0 Å². The van der Waals surface area contributed by atoms with E-state index < -0.39 is 0 Å². The lowest BCUT2D eigenvalue weighted by atomic mass is 9.94. The molecule has 1 aromatic carbocycles. The molecular formula is C15H23ClN2O2. The lowest BCUT2D eigenvalue weighted by Gasteiger charge is -2.43. The van der Waals surface area contributed by atoms with Crippen LogP contribution < -0.4 is 5.73 Å². The van der Waals surface area contributed by atoms with Crippen LogP contribution in [0.3, 0.4) is 0 Å². The van der Waals surface area contributed by atoms with Gasteiger partial charge in [0, 0.05) is 17.6 Å². The fourth-order valence-corrected chi connectivity index (χ4v) is 3.03. The summed E-state index contributed by atoms with van der Waals surface area (Å²) >= 11 is 6.35. The van der Waals surface area contributed by atoms with E-state index in [0.717, 1.165) is 23.6 Å². The summed E-state index contributed by atoms with van der Waals surface area (Å²) in [5.41, 5.74) is 7.37. The molecule has 0 aromatic heterocycles. The summed E-state index contributed by atoms with van der Waals surface area (Å²) in [6.45, 7) is 4.09. The summed E-state index contributed by atoms with van der Waals surface area (Å²) in [4.78, 5) is 2.24. The highest BCUT2D eigenvalue weighted by molar-refractivity contribution is 6.31. The topological polar surface area (TPSA) is 58.7 Å². The number of hydrogen-bond donors (Lipinski definition) is 2. The third kappa shape index (κ3) is 3.32. The maximum absolute atomic E-state index is 9.59. The molecule has 3 N–H and O–H groups in total. The lowest BCUT2D eigenvalue weighted by molar-refractivity contribution is -0.0527. The number of aliphatic hydroxyl groups is 1. The van der Waals surface area contributed by atoms with Gasteiger partial charge >= 0.3 is 0 Å². The molecule has 20 heavy (non-hydrogen) atoms. The average Bonchev–Trinajstić information content (AvgIpc) is 2.49. The van der Waals surface area contributed by atoms with Crippen molar-refractivity contribution in [1.82, 2.24) is 4.90 Å². The quantitative estimate of drug-likeness (QED) is 0.870. The first-order valence-electron chi connectivity index (χ1n) is 7.13. The Morgan fingerprint density at radius 1 is 1.50 bits per heavy atom. The van der Waals surface area contributed by atoms with E-state index in [1.807, 2.05) is 24.3 Å². The van der Waals surface area contributed by atoms with Crippen LogP contribution in [0.5, 0.6) is 0 Å². The van der Waals surface area contributed by atoms with Crippen molar-refractivity contribution < 1.29 is 9.84 Å². The van der Waals surface area contributed by atoms with E-state index in [-0.39, 0.29) is 24.7 Å². The summed E-state index contributed by atoms with van der Waals surface area (Å²) in [6.07, 6.45) is 0.853. The van der Waals surface area contributed by atoms with Gasteiger partial charge in [-0.25, -0.2) is 0 Å². The zero-order valence-electron chi connectivity index (χ0n) is 11.8. The molecule has 2 rings (SSSR count). The van der Waals surface area contributed by atoms with Crippen LogP contribution in [-0.2, 0) is 4.74 Å². The standard InChI is InChI=1S/C15H23ClN2O2/c1-2-14(17)15(12-5-3-4-6-13(12)16)18-7-8-20-10-11(18)9-19/h3-6,11,14-15,19H,2,7-10,17H2,1H3. The van der Waals surface area contributed by atoms with Crippen LogP contribution in [0.2, 0.25) is 5.02 Å². The fourth-order valence-electron chi connectivity index (χ4n) is 2.78. The van der Waals surface area contributed by atoms with Crippen LogP contribution in [0, 0.1) is 0 Å². The molecule has 1 aromatic rings. The minimum atomic E-state index is -0.0259. The molecule has 0 bridgehead atoms. The van der Waals surface area contributed by atoms with E-state index in [9.17, 15) is 5.11 Å². The van der Waals surface area contributed by atoms with Gasteiger partial charge in [-0.1, -0.05) is 36.7 Å². The average molecular weight is 299 g/mol. The number of morpholine rings is 1. The van der Waals surface area contributed by atoms with Crippen molar-refractivity contribution in [2.24, 2.45) is 5.73 Å². The minimum Gasteiger partial charge on any atom is -0.395 e. The summed E-state index contributed by atoms with van der Waals surface area (Å²) in [6, 6.07) is 7.76. The lowest BCUT2D eigenvalue weighted by Crippen LogP contribution is -2.53. The van der Waals surface area contributed by atoms with Gasteiger partial charge in [0.1, 0.15) is 0 Å². The summed E-state index contributed by atoms with van der Waals surface area (Å²) in [7, 11) is 0. The monoisotopic (exact) mass is 298 g/mol. The molecule has 112 valence electrons. The van der Waals surface area contributed by atoms with E-state index in [0.29, 0.717) is 13.2 Å². The number of rotatable bonds is 5. The normalized spacial score (nSPS) is 23.5. The van der Waals surface area contributed by atoms with Gasteiger partial charge in [0.05, 0.1) is 31.9 Å². The largest absolute Gasteiger partial charge is 0.395 e. The molecule has 3 atom stereocenters. The highest BCUT2D eigenvalue weighted by Crippen LogP contribution is 2.32. The Kier molecular flexibility index (Phi) is 5.81. The second kappa shape index (κ2) is 7.38. The van der Waals surface area contributed by atoms with Crippen molar-refractivity contribution >= 4 is 11.6 Å². The Hall–Kier alpha value is -0.650. The Bertz CT molecular complexity index is 430. The molecule has 0 amide bonds. The molecule has 1 heterocycles. The number of nitrogens with zero attached hydrogens (tertiary/aromatic N) is 1. The molecule has 1 fully saturated rings. The maximum Gasteiger partial charge on any atom is 0.0645 e. The van der Waals surface area contributed by atoms with E-state index in [4.69, 9.17) is 22.1 Å². The molecular weight excluding hydrogens is 276 g/mol. The zero-order valence-corrected chi connectivity index (χ0v) is 12.6. The molecule has 0 spiro atoms. The van der Waals surface area contributed by atoms with Crippen molar-refractivity contribution in [3.05, 3.63) is 34.9 Å². The van der Waals surface area contributed by atoms with Gasteiger partial charge in [-0.05, 0) is 18.1 Å². The summed E-state index contributed by atoms with van der Waals surface area (Å²) < 4.78 is 5.46. The highest BCUT2D eigenvalue weighted by atomic mass is 35.5. The first-order valence-corrected chi connectivity index (χ1v) is 7.51. The first kappa shape index (κ1) is 15.7. The minimum absolute atomic E-state index is 0.00903. The van der Waals surface area contributed by atoms with Crippen molar-refractivity contribution in [1.29, 1.82) is 0 Å². The molecule has 0 radical (unpaired) electrons. The van der Waals surface area contributed by atoms with Gasteiger partial charge < -0.3 is 15.6 Å². The van der Waals surface area contributed by atoms with E-state index in [1.54, 1.807) is 0 Å². The molecule has 5 heteroatoms. The fraction of sp³-hybridized carbons (Fsp3) is 0.600. The van der Waals surface area contributed by atoms with E-state index >= 15 is 0 Å². The SMILES string of the molecule is CCC(N)C(c1ccccc1Cl)N1CCOCC1CO. The number of aliphatic hydroxyl groups excluding tert-OH is 1. The Labute approximate surface area is 125 Å². The summed E-state index contributed by atoms with van der Waals surface area (Å²) in [5, 5.41) is 10.3. The van der Waals surface area contributed by atoms with Gasteiger partial charge in [0.15, 0.2) is 0 Å². The van der Waals surface area contributed by atoms with Crippen molar-refractivity contribution in [3.8, 4) is 0 Å². The highest BCUT2D eigenvalue weighted by Gasteiger charge is 2.33. The first-order chi connectivity index (χ1) is 9.69. The second-order valence-electron chi connectivity index (χ2n) is 5.19. The summed E-state index contributed by atoms with van der Waals surface area (Å²) in [5.74, 6) is 0. The van der Waals surface area contributed by atoms with Crippen LogP contribution in [-0.4, -0.2) is 48.5 Å². The van der Waals surface area contributed by atoms with Crippen LogP contribution in [0.15, 0.2) is 24.3 Å². The molecule has 1 aliphatic heterocycles. The van der Waals surface area contributed by atoms with E-state index in [1.165, 1.54) is 0 Å². The Balaban J connectivity index is 2.34.